The largest absolute Gasteiger partial charge is 0.497 e. The Morgan fingerprint density at radius 3 is 2.90 bits per heavy atom. The molecule has 0 saturated carbocycles. The van der Waals surface area contributed by atoms with Gasteiger partial charge in [-0.05, 0) is 45.2 Å². The molecule has 1 unspecified atom stereocenters. The maximum absolute atomic E-state index is 5.36. The van der Waals surface area contributed by atoms with E-state index in [1.165, 1.54) is 11.3 Å². The van der Waals surface area contributed by atoms with Crippen LogP contribution < -0.4 is 20.3 Å². The number of aryl methyl sites for hydroxylation is 2. The van der Waals surface area contributed by atoms with Gasteiger partial charge < -0.3 is 24.8 Å². The van der Waals surface area contributed by atoms with Crippen molar-refractivity contribution in [3.63, 3.8) is 0 Å². The average Bonchev–Trinajstić information content (AvgIpc) is 3.05. The minimum atomic E-state index is 0. The van der Waals surface area contributed by atoms with Crippen LogP contribution in [0.4, 0.5) is 5.69 Å². The predicted molar refractivity (Wildman–Crippen MR) is 128 cm³/mol. The van der Waals surface area contributed by atoms with Gasteiger partial charge in [-0.25, -0.2) is 0 Å². The molecule has 1 fully saturated rings. The second-order valence-corrected chi connectivity index (χ2v) is 7.18. The van der Waals surface area contributed by atoms with Crippen LogP contribution in [0.1, 0.15) is 29.9 Å². The second-order valence-electron chi connectivity index (χ2n) is 7.18. The van der Waals surface area contributed by atoms with Crippen LogP contribution in [0.15, 0.2) is 33.8 Å². The first kappa shape index (κ1) is 23.3. The lowest BCUT2D eigenvalue weighted by Gasteiger charge is -2.35. The molecule has 7 nitrogen and oxygen atoms in total. The number of methoxy groups -OCH3 is 1. The summed E-state index contributed by atoms with van der Waals surface area (Å²) in [6.45, 7) is 6.72. The van der Waals surface area contributed by atoms with Crippen LogP contribution in [-0.4, -0.2) is 50.9 Å². The van der Waals surface area contributed by atoms with E-state index in [0.29, 0.717) is 6.04 Å². The van der Waals surface area contributed by atoms with Gasteiger partial charge in [0, 0.05) is 50.0 Å². The molecule has 1 saturated heterocycles. The topological polar surface area (TPSA) is 74.9 Å². The van der Waals surface area contributed by atoms with Gasteiger partial charge in [-0.15, -0.1) is 24.0 Å². The Balaban J connectivity index is 0.00000300. The summed E-state index contributed by atoms with van der Waals surface area (Å²) in [5, 5.41) is 11.0. The van der Waals surface area contributed by atoms with Crippen molar-refractivity contribution in [1.29, 1.82) is 0 Å². The van der Waals surface area contributed by atoms with E-state index in [-0.39, 0.29) is 24.0 Å². The van der Waals surface area contributed by atoms with E-state index >= 15 is 0 Å². The highest BCUT2D eigenvalue weighted by atomic mass is 127. The molecule has 0 spiro atoms. The molecule has 2 aromatic rings. The van der Waals surface area contributed by atoms with E-state index in [2.05, 4.69) is 37.8 Å². The summed E-state index contributed by atoms with van der Waals surface area (Å²) in [6, 6.07) is 8.61. The molecule has 2 N–H and O–H groups in total. The van der Waals surface area contributed by atoms with Crippen molar-refractivity contribution in [2.24, 2.45) is 4.99 Å². The highest BCUT2D eigenvalue weighted by Gasteiger charge is 2.21. The van der Waals surface area contributed by atoms with Gasteiger partial charge in [0.2, 0.25) is 0 Å². The molecule has 1 aromatic carbocycles. The van der Waals surface area contributed by atoms with Crippen LogP contribution in [0.2, 0.25) is 0 Å². The van der Waals surface area contributed by atoms with Gasteiger partial charge >= 0.3 is 0 Å². The monoisotopic (exact) mass is 513 g/mol. The van der Waals surface area contributed by atoms with Gasteiger partial charge in [0.05, 0.1) is 12.8 Å². The van der Waals surface area contributed by atoms with Crippen molar-refractivity contribution < 1.29 is 9.26 Å². The fourth-order valence-corrected chi connectivity index (χ4v) is 3.69. The van der Waals surface area contributed by atoms with Gasteiger partial charge in [-0.1, -0.05) is 11.2 Å². The van der Waals surface area contributed by atoms with Gasteiger partial charge in [0.1, 0.15) is 11.5 Å². The molecule has 3 rings (SSSR count). The van der Waals surface area contributed by atoms with Crippen molar-refractivity contribution in [3.8, 4) is 5.75 Å². The minimum absolute atomic E-state index is 0. The third-order valence-electron chi connectivity index (χ3n) is 5.25. The third kappa shape index (κ3) is 6.25. The fraction of sp³-hybridized carbons (Fsp3) is 0.524. The Labute approximate surface area is 190 Å². The molecule has 160 valence electrons. The van der Waals surface area contributed by atoms with Gasteiger partial charge in [-0.2, -0.15) is 0 Å². The Kier molecular flexibility index (Phi) is 9.06. The number of anilines is 1. The van der Waals surface area contributed by atoms with E-state index in [1.807, 2.05) is 33.0 Å². The number of benzene rings is 1. The number of halogens is 1. The summed E-state index contributed by atoms with van der Waals surface area (Å²) in [4.78, 5) is 6.79. The molecular formula is C21H32IN5O2. The highest BCUT2D eigenvalue weighted by molar-refractivity contribution is 14.0. The quantitative estimate of drug-likeness (QED) is 0.351. The SMILES string of the molecule is CN=C(NCCc1c(C)noc1C)NC1CCCN(c2cccc(OC)c2)C1.I. The number of nitrogens with zero attached hydrogens (tertiary/aromatic N) is 3. The number of rotatable bonds is 6. The summed E-state index contributed by atoms with van der Waals surface area (Å²) in [7, 11) is 3.52. The van der Waals surface area contributed by atoms with E-state index < -0.39 is 0 Å². The van der Waals surface area contributed by atoms with Crippen molar-refractivity contribution in [3.05, 3.63) is 41.3 Å². The molecule has 0 bridgehead atoms. The zero-order valence-corrected chi connectivity index (χ0v) is 20.0. The normalized spacial score (nSPS) is 16.9. The first-order valence-corrected chi connectivity index (χ1v) is 9.88. The zero-order chi connectivity index (χ0) is 19.9. The average molecular weight is 513 g/mol. The van der Waals surface area contributed by atoms with Crippen LogP contribution in [0.25, 0.3) is 0 Å². The number of aromatic nitrogens is 1. The summed E-state index contributed by atoms with van der Waals surface area (Å²) >= 11 is 0. The van der Waals surface area contributed by atoms with Gasteiger partial charge in [0.15, 0.2) is 5.96 Å². The summed E-state index contributed by atoms with van der Waals surface area (Å²) in [5.74, 6) is 2.62. The first-order chi connectivity index (χ1) is 13.6. The summed E-state index contributed by atoms with van der Waals surface area (Å²) < 4.78 is 10.6. The number of hydrogen-bond acceptors (Lipinski definition) is 5. The molecule has 1 aliphatic rings. The first-order valence-electron chi connectivity index (χ1n) is 9.88. The lowest BCUT2D eigenvalue weighted by Crippen LogP contribution is -2.51. The Morgan fingerprint density at radius 2 is 2.21 bits per heavy atom. The molecule has 8 heteroatoms. The maximum Gasteiger partial charge on any atom is 0.191 e. The highest BCUT2D eigenvalue weighted by Crippen LogP contribution is 2.24. The molecular weight excluding hydrogens is 481 g/mol. The van der Waals surface area contributed by atoms with Gasteiger partial charge in [-0.3, -0.25) is 4.99 Å². The van der Waals surface area contributed by atoms with Crippen molar-refractivity contribution in [2.75, 3.05) is 38.7 Å². The van der Waals surface area contributed by atoms with Crippen molar-refractivity contribution in [2.45, 2.75) is 39.2 Å². The van der Waals surface area contributed by atoms with Crippen LogP contribution in [-0.2, 0) is 6.42 Å². The van der Waals surface area contributed by atoms with Crippen LogP contribution >= 0.6 is 24.0 Å². The van der Waals surface area contributed by atoms with E-state index in [4.69, 9.17) is 9.26 Å². The van der Waals surface area contributed by atoms with E-state index in [9.17, 15) is 0 Å². The van der Waals surface area contributed by atoms with E-state index in [0.717, 1.165) is 62.1 Å². The standard InChI is InChI=1S/C21H31N5O2.HI/c1-15-20(16(2)28-25-15)10-11-23-21(22-3)24-17-7-6-12-26(14-17)18-8-5-9-19(13-18)27-4;/h5,8-9,13,17H,6-7,10-12,14H2,1-4H3,(H2,22,23,24);1H. The maximum atomic E-state index is 5.36. The Morgan fingerprint density at radius 1 is 1.38 bits per heavy atom. The number of piperidine rings is 1. The Bertz CT molecular complexity index is 789. The molecule has 2 heterocycles. The lowest BCUT2D eigenvalue weighted by atomic mass is 10.0. The molecule has 1 atom stereocenters. The third-order valence-corrected chi connectivity index (χ3v) is 5.25. The van der Waals surface area contributed by atoms with E-state index in [1.54, 1.807) is 7.11 Å². The summed E-state index contributed by atoms with van der Waals surface area (Å²) in [5.41, 5.74) is 3.33. The molecule has 0 amide bonds. The smallest absolute Gasteiger partial charge is 0.191 e. The van der Waals surface area contributed by atoms with Crippen molar-refractivity contribution >= 4 is 35.6 Å². The van der Waals surface area contributed by atoms with Gasteiger partial charge in [0.25, 0.3) is 0 Å². The number of ether oxygens (including phenoxy) is 1. The van der Waals surface area contributed by atoms with Crippen molar-refractivity contribution in [1.82, 2.24) is 15.8 Å². The molecule has 0 aliphatic carbocycles. The van der Waals surface area contributed by atoms with Crippen LogP contribution in [0, 0.1) is 13.8 Å². The molecule has 0 radical (unpaired) electrons. The zero-order valence-electron chi connectivity index (χ0n) is 17.7. The second kappa shape index (κ2) is 11.3. The van der Waals surface area contributed by atoms with Crippen LogP contribution in [0.5, 0.6) is 5.75 Å². The number of hydrogen-bond donors (Lipinski definition) is 2. The number of nitrogens with one attached hydrogen (secondary N) is 2. The molecule has 1 aromatic heterocycles. The minimum Gasteiger partial charge on any atom is -0.497 e. The molecule has 29 heavy (non-hydrogen) atoms. The number of guanidine groups is 1. The van der Waals surface area contributed by atoms with Crippen LogP contribution in [0.3, 0.4) is 0 Å². The summed E-state index contributed by atoms with van der Waals surface area (Å²) in [6.07, 6.45) is 3.14. The number of aliphatic imine (C=N–C) groups is 1. The predicted octanol–water partition coefficient (Wildman–Crippen LogP) is 3.29. The molecule has 1 aliphatic heterocycles. The fourth-order valence-electron chi connectivity index (χ4n) is 3.69. The Hall–Kier alpha value is -1.97. The lowest BCUT2D eigenvalue weighted by molar-refractivity contribution is 0.392.